The Bertz CT molecular complexity index is 1010. The number of methoxy groups -OCH3 is 1. The molecule has 0 radical (unpaired) electrons. The number of aromatic nitrogens is 3. The first kappa shape index (κ1) is 17.0. The molecule has 8 heteroatoms. The number of rotatable bonds is 5. The van der Waals surface area contributed by atoms with Crippen LogP contribution in [0.15, 0.2) is 53.7 Å². The predicted octanol–water partition coefficient (Wildman–Crippen LogP) is 2.60. The molecule has 0 atom stereocenters. The fourth-order valence-electron chi connectivity index (χ4n) is 2.50. The second-order valence-electron chi connectivity index (χ2n) is 5.58. The molecule has 0 aliphatic heterocycles. The summed E-state index contributed by atoms with van der Waals surface area (Å²) in [5, 5.41) is 7.87. The number of nitrogens with one attached hydrogen (secondary N) is 1. The molecule has 0 saturated heterocycles. The molecular formula is C17H18N4O3S. The highest BCUT2D eigenvalue weighted by molar-refractivity contribution is 7.92. The minimum absolute atomic E-state index is 0.176. The molecule has 3 rings (SSSR count). The van der Waals surface area contributed by atoms with E-state index in [9.17, 15) is 8.42 Å². The number of hydrogen-bond acceptors (Lipinski definition) is 5. The maximum atomic E-state index is 12.6. The second kappa shape index (κ2) is 6.56. The third-order valence-corrected chi connectivity index (χ3v) is 5.14. The molecule has 25 heavy (non-hydrogen) atoms. The molecular weight excluding hydrogens is 340 g/mol. The monoisotopic (exact) mass is 358 g/mol. The number of nitrogens with zero attached hydrogens (tertiary/aromatic N) is 3. The molecule has 1 aromatic heterocycles. The molecule has 0 fully saturated rings. The van der Waals surface area contributed by atoms with Crippen LogP contribution in [0.4, 0.5) is 5.69 Å². The van der Waals surface area contributed by atoms with Crippen LogP contribution in [0.25, 0.3) is 11.4 Å². The molecule has 0 aliphatic rings. The molecule has 1 heterocycles. The molecule has 0 saturated carbocycles. The standard InChI is InChI=1S/C17H18N4O3S/c1-12-9-15(7-8-16(12)24-3)25(22,23)20-14-6-4-5-13(10-14)17-19-18-11-21(17)2/h4-11,20H,1-3H3. The van der Waals surface area contributed by atoms with Crippen molar-refractivity contribution in [1.29, 1.82) is 0 Å². The van der Waals surface area contributed by atoms with Crippen molar-refractivity contribution < 1.29 is 13.2 Å². The molecule has 130 valence electrons. The number of sulfonamides is 1. The van der Waals surface area contributed by atoms with Crippen LogP contribution in [0.3, 0.4) is 0 Å². The van der Waals surface area contributed by atoms with E-state index in [-0.39, 0.29) is 4.90 Å². The number of benzene rings is 2. The molecule has 0 amide bonds. The van der Waals surface area contributed by atoms with Crippen LogP contribution in [0.5, 0.6) is 5.75 Å². The van der Waals surface area contributed by atoms with Crippen molar-refractivity contribution in [3.63, 3.8) is 0 Å². The van der Waals surface area contributed by atoms with Gasteiger partial charge in [-0.25, -0.2) is 8.42 Å². The van der Waals surface area contributed by atoms with Crippen LogP contribution < -0.4 is 9.46 Å². The Balaban J connectivity index is 1.91. The maximum Gasteiger partial charge on any atom is 0.261 e. The summed E-state index contributed by atoms with van der Waals surface area (Å²) in [4.78, 5) is 0.176. The second-order valence-corrected chi connectivity index (χ2v) is 7.27. The van der Waals surface area contributed by atoms with Crippen molar-refractivity contribution in [1.82, 2.24) is 14.8 Å². The van der Waals surface area contributed by atoms with Gasteiger partial charge in [0.15, 0.2) is 5.82 Å². The SMILES string of the molecule is COc1ccc(S(=O)(=O)Nc2cccc(-c3nncn3C)c2)cc1C. The average molecular weight is 358 g/mol. The van der Waals surface area contributed by atoms with E-state index in [2.05, 4.69) is 14.9 Å². The lowest BCUT2D eigenvalue weighted by Gasteiger charge is -2.11. The van der Waals surface area contributed by atoms with Gasteiger partial charge in [-0.3, -0.25) is 4.72 Å². The van der Waals surface area contributed by atoms with Crippen LogP contribution in [-0.2, 0) is 17.1 Å². The van der Waals surface area contributed by atoms with Gasteiger partial charge in [-0.2, -0.15) is 0 Å². The van der Waals surface area contributed by atoms with Gasteiger partial charge in [-0.15, -0.1) is 10.2 Å². The highest BCUT2D eigenvalue weighted by atomic mass is 32.2. The Morgan fingerprint density at radius 1 is 1.16 bits per heavy atom. The fourth-order valence-corrected chi connectivity index (χ4v) is 3.63. The summed E-state index contributed by atoms with van der Waals surface area (Å²) in [7, 11) is -0.331. The lowest BCUT2D eigenvalue weighted by molar-refractivity contribution is 0.411. The van der Waals surface area contributed by atoms with Crippen molar-refractivity contribution in [3.8, 4) is 17.1 Å². The zero-order valence-corrected chi connectivity index (χ0v) is 14.9. The van der Waals surface area contributed by atoms with E-state index in [0.717, 1.165) is 11.1 Å². The van der Waals surface area contributed by atoms with Crippen molar-refractivity contribution in [2.75, 3.05) is 11.8 Å². The molecule has 0 aliphatic carbocycles. The number of anilines is 1. The van der Waals surface area contributed by atoms with Crippen LogP contribution in [0, 0.1) is 6.92 Å². The Hall–Kier alpha value is -2.87. The zero-order valence-electron chi connectivity index (χ0n) is 14.1. The largest absolute Gasteiger partial charge is 0.496 e. The minimum Gasteiger partial charge on any atom is -0.496 e. The molecule has 3 aromatic rings. The first-order chi connectivity index (χ1) is 11.9. The van der Waals surface area contributed by atoms with Gasteiger partial charge < -0.3 is 9.30 Å². The summed E-state index contributed by atoms with van der Waals surface area (Å²) in [6.07, 6.45) is 1.59. The predicted molar refractivity (Wildman–Crippen MR) is 95.0 cm³/mol. The summed E-state index contributed by atoms with van der Waals surface area (Å²) < 4.78 is 34.8. The average Bonchev–Trinajstić information content (AvgIpc) is 3.00. The Morgan fingerprint density at radius 3 is 2.60 bits per heavy atom. The van der Waals surface area contributed by atoms with E-state index in [1.165, 1.54) is 6.07 Å². The summed E-state index contributed by atoms with van der Waals surface area (Å²) in [5.74, 6) is 1.30. The van der Waals surface area contributed by atoms with E-state index in [4.69, 9.17) is 4.74 Å². The molecule has 0 unspecified atom stereocenters. The quantitative estimate of drug-likeness (QED) is 0.758. The third kappa shape index (κ3) is 3.48. The summed E-state index contributed by atoms with van der Waals surface area (Å²) >= 11 is 0. The van der Waals surface area contributed by atoms with E-state index >= 15 is 0 Å². The van der Waals surface area contributed by atoms with Crippen molar-refractivity contribution in [2.45, 2.75) is 11.8 Å². The van der Waals surface area contributed by atoms with E-state index < -0.39 is 10.0 Å². The Morgan fingerprint density at radius 2 is 1.96 bits per heavy atom. The molecule has 0 bridgehead atoms. The van der Waals surface area contributed by atoms with Gasteiger partial charge in [0.1, 0.15) is 12.1 Å². The van der Waals surface area contributed by atoms with Gasteiger partial charge in [0, 0.05) is 18.3 Å². The van der Waals surface area contributed by atoms with Crippen LogP contribution in [0.1, 0.15) is 5.56 Å². The van der Waals surface area contributed by atoms with Gasteiger partial charge in [-0.05, 0) is 42.8 Å². The third-order valence-electron chi connectivity index (χ3n) is 3.76. The van der Waals surface area contributed by atoms with E-state index in [1.54, 1.807) is 55.3 Å². The number of hydrogen-bond donors (Lipinski definition) is 1. The normalized spacial score (nSPS) is 11.3. The zero-order chi connectivity index (χ0) is 18.0. The Labute approximate surface area is 146 Å². The van der Waals surface area contributed by atoms with Crippen molar-refractivity contribution in [2.24, 2.45) is 7.05 Å². The smallest absolute Gasteiger partial charge is 0.261 e. The van der Waals surface area contributed by atoms with E-state index in [0.29, 0.717) is 17.3 Å². The van der Waals surface area contributed by atoms with Crippen LogP contribution in [-0.4, -0.2) is 30.3 Å². The van der Waals surface area contributed by atoms with Gasteiger partial charge in [0.2, 0.25) is 0 Å². The summed E-state index contributed by atoms with van der Waals surface area (Å²) in [6.45, 7) is 1.80. The molecule has 7 nitrogen and oxygen atoms in total. The van der Waals surface area contributed by atoms with Gasteiger partial charge in [-0.1, -0.05) is 12.1 Å². The lowest BCUT2D eigenvalue weighted by atomic mass is 10.2. The fraction of sp³-hybridized carbons (Fsp3) is 0.176. The highest BCUT2D eigenvalue weighted by Crippen LogP contribution is 2.25. The van der Waals surface area contributed by atoms with E-state index in [1.807, 2.05) is 13.1 Å². The van der Waals surface area contributed by atoms with Crippen molar-refractivity contribution >= 4 is 15.7 Å². The van der Waals surface area contributed by atoms with Gasteiger partial charge in [0.05, 0.1) is 12.0 Å². The van der Waals surface area contributed by atoms with Gasteiger partial charge in [0.25, 0.3) is 10.0 Å². The minimum atomic E-state index is -3.70. The number of aryl methyl sites for hydroxylation is 2. The first-order valence-electron chi connectivity index (χ1n) is 7.52. The van der Waals surface area contributed by atoms with Crippen LogP contribution >= 0.6 is 0 Å². The molecule has 2 aromatic carbocycles. The first-order valence-corrected chi connectivity index (χ1v) is 9.01. The maximum absolute atomic E-state index is 12.6. The summed E-state index contributed by atoms with van der Waals surface area (Å²) in [6, 6.07) is 11.8. The number of ether oxygens (including phenoxy) is 1. The summed E-state index contributed by atoms with van der Waals surface area (Å²) in [5.41, 5.74) is 1.97. The molecule has 0 spiro atoms. The molecule has 1 N–H and O–H groups in total. The Kier molecular flexibility index (Phi) is 4.45. The van der Waals surface area contributed by atoms with Gasteiger partial charge >= 0.3 is 0 Å². The van der Waals surface area contributed by atoms with Crippen LogP contribution in [0.2, 0.25) is 0 Å². The van der Waals surface area contributed by atoms with Crippen molar-refractivity contribution in [3.05, 3.63) is 54.4 Å². The lowest BCUT2D eigenvalue weighted by Crippen LogP contribution is -2.13. The highest BCUT2D eigenvalue weighted by Gasteiger charge is 2.16. The topological polar surface area (TPSA) is 86.1 Å².